The summed E-state index contributed by atoms with van der Waals surface area (Å²) in [5.41, 5.74) is 0.618. The maximum atomic E-state index is 11.8. The smallest absolute Gasteiger partial charge is 0.252 e. The van der Waals surface area contributed by atoms with E-state index < -0.39 is 0 Å². The van der Waals surface area contributed by atoms with Crippen LogP contribution in [-0.4, -0.2) is 35.0 Å². The van der Waals surface area contributed by atoms with Gasteiger partial charge < -0.3 is 10.6 Å². The predicted molar refractivity (Wildman–Crippen MR) is 85.4 cm³/mol. The number of nitrogens with zero attached hydrogens (tertiary/aromatic N) is 1. The first-order valence-electron chi connectivity index (χ1n) is 7.22. The van der Waals surface area contributed by atoms with Gasteiger partial charge in [-0.3, -0.25) is 4.79 Å². The van der Waals surface area contributed by atoms with E-state index in [1.807, 2.05) is 30.8 Å². The lowest BCUT2D eigenvalue weighted by Gasteiger charge is -2.40. The Hall–Kier alpha value is -1.23. The van der Waals surface area contributed by atoms with Crippen LogP contribution in [0.2, 0.25) is 0 Å². The molecule has 2 rings (SSSR count). The van der Waals surface area contributed by atoms with E-state index in [0.29, 0.717) is 16.9 Å². The summed E-state index contributed by atoms with van der Waals surface area (Å²) in [6, 6.07) is 3.71. The molecule has 5 heteroatoms. The maximum absolute atomic E-state index is 11.8. The standard InChI is InChI=1S/C15H23N3OS/c1-3-9-16-14(19)12-5-6-13(17-10-12)18-11-15(20-2)7-4-8-15/h5-6,10H,3-4,7-9,11H2,1-2H3,(H,16,19)(H,17,18). The van der Waals surface area contributed by atoms with Gasteiger partial charge >= 0.3 is 0 Å². The number of amides is 1. The molecule has 1 aromatic rings. The molecule has 0 aromatic carbocycles. The van der Waals surface area contributed by atoms with Gasteiger partial charge in [0.1, 0.15) is 5.82 Å². The number of nitrogens with one attached hydrogen (secondary N) is 2. The summed E-state index contributed by atoms with van der Waals surface area (Å²) in [7, 11) is 0. The van der Waals surface area contributed by atoms with E-state index in [9.17, 15) is 4.79 Å². The zero-order valence-corrected chi connectivity index (χ0v) is 13.1. The van der Waals surface area contributed by atoms with Crippen molar-refractivity contribution in [1.29, 1.82) is 0 Å². The Morgan fingerprint density at radius 3 is 2.75 bits per heavy atom. The molecule has 20 heavy (non-hydrogen) atoms. The van der Waals surface area contributed by atoms with Crippen LogP contribution in [0.5, 0.6) is 0 Å². The molecule has 0 unspecified atom stereocenters. The van der Waals surface area contributed by atoms with Crippen LogP contribution in [0.15, 0.2) is 18.3 Å². The van der Waals surface area contributed by atoms with Gasteiger partial charge in [-0.2, -0.15) is 11.8 Å². The SMILES string of the molecule is CCCNC(=O)c1ccc(NCC2(SC)CCC2)nc1. The van der Waals surface area contributed by atoms with E-state index in [-0.39, 0.29) is 5.91 Å². The van der Waals surface area contributed by atoms with Gasteiger partial charge in [0.05, 0.1) is 5.56 Å². The molecule has 0 spiro atoms. The number of hydrogen-bond acceptors (Lipinski definition) is 4. The van der Waals surface area contributed by atoms with Gasteiger partial charge in [-0.1, -0.05) is 13.3 Å². The highest BCUT2D eigenvalue weighted by molar-refractivity contribution is 8.00. The molecule has 1 heterocycles. The van der Waals surface area contributed by atoms with Gasteiger partial charge in [0.15, 0.2) is 0 Å². The highest BCUT2D eigenvalue weighted by Crippen LogP contribution is 2.42. The number of anilines is 1. The maximum Gasteiger partial charge on any atom is 0.252 e. The number of rotatable bonds is 7. The van der Waals surface area contributed by atoms with Crippen molar-refractivity contribution in [3.05, 3.63) is 23.9 Å². The molecule has 1 aliphatic rings. The molecule has 4 nitrogen and oxygen atoms in total. The van der Waals surface area contributed by atoms with Crippen molar-refractivity contribution in [3.8, 4) is 0 Å². The van der Waals surface area contributed by atoms with Crippen molar-refractivity contribution in [2.24, 2.45) is 0 Å². The summed E-state index contributed by atoms with van der Waals surface area (Å²) in [5.74, 6) is 0.794. The largest absolute Gasteiger partial charge is 0.369 e. The van der Waals surface area contributed by atoms with E-state index in [1.54, 1.807) is 6.20 Å². The molecule has 0 aliphatic heterocycles. The quantitative estimate of drug-likeness (QED) is 0.811. The van der Waals surface area contributed by atoms with Gasteiger partial charge in [0.25, 0.3) is 5.91 Å². The van der Waals surface area contributed by atoms with Crippen LogP contribution in [0.3, 0.4) is 0 Å². The van der Waals surface area contributed by atoms with Gasteiger partial charge in [0, 0.05) is 24.0 Å². The highest BCUT2D eigenvalue weighted by Gasteiger charge is 2.35. The number of carbonyl (C=O) groups is 1. The lowest BCUT2D eigenvalue weighted by atomic mass is 9.84. The average Bonchev–Trinajstić information content (AvgIpc) is 2.45. The van der Waals surface area contributed by atoms with Gasteiger partial charge in [-0.25, -0.2) is 4.98 Å². The third kappa shape index (κ3) is 3.66. The predicted octanol–water partition coefficient (Wildman–Crippen LogP) is 2.92. The minimum Gasteiger partial charge on any atom is -0.369 e. The van der Waals surface area contributed by atoms with E-state index in [2.05, 4.69) is 21.9 Å². The summed E-state index contributed by atoms with van der Waals surface area (Å²) >= 11 is 1.94. The Morgan fingerprint density at radius 1 is 1.45 bits per heavy atom. The molecule has 1 aliphatic carbocycles. The Labute approximate surface area is 125 Å². The summed E-state index contributed by atoms with van der Waals surface area (Å²) in [5, 5.41) is 6.23. The van der Waals surface area contributed by atoms with Crippen LogP contribution >= 0.6 is 11.8 Å². The highest BCUT2D eigenvalue weighted by atomic mass is 32.2. The second-order valence-electron chi connectivity index (χ2n) is 5.28. The first-order chi connectivity index (χ1) is 9.69. The number of aromatic nitrogens is 1. The van der Waals surface area contributed by atoms with Crippen LogP contribution in [0, 0.1) is 0 Å². The van der Waals surface area contributed by atoms with Crippen molar-refractivity contribution in [2.45, 2.75) is 37.4 Å². The molecule has 1 amide bonds. The van der Waals surface area contributed by atoms with Gasteiger partial charge in [-0.15, -0.1) is 0 Å². The van der Waals surface area contributed by atoms with Gasteiger partial charge in [0.2, 0.25) is 0 Å². The molecule has 2 N–H and O–H groups in total. The first-order valence-corrected chi connectivity index (χ1v) is 8.45. The molecule has 0 atom stereocenters. The fourth-order valence-corrected chi connectivity index (χ4v) is 3.16. The molecule has 1 fully saturated rings. The monoisotopic (exact) mass is 293 g/mol. The summed E-state index contributed by atoms with van der Waals surface area (Å²) < 4.78 is 0.388. The van der Waals surface area contributed by atoms with E-state index in [1.165, 1.54) is 19.3 Å². The lowest BCUT2D eigenvalue weighted by Crippen LogP contribution is -2.40. The van der Waals surface area contributed by atoms with Crippen LogP contribution in [0.25, 0.3) is 0 Å². The van der Waals surface area contributed by atoms with Crippen molar-refractivity contribution in [3.63, 3.8) is 0 Å². The first kappa shape index (κ1) is 15.2. The fourth-order valence-electron chi connectivity index (χ4n) is 2.25. The van der Waals surface area contributed by atoms with E-state index in [0.717, 1.165) is 18.8 Å². The van der Waals surface area contributed by atoms with Crippen LogP contribution in [0.4, 0.5) is 5.82 Å². The van der Waals surface area contributed by atoms with Crippen LogP contribution in [-0.2, 0) is 0 Å². The van der Waals surface area contributed by atoms with Crippen molar-refractivity contribution >= 4 is 23.5 Å². The zero-order valence-electron chi connectivity index (χ0n) is 12.2. The molecule has 0 bridgehead atoms. The van der Waals surface area contributed by atoms with Crippen molar-refractivity contribution in [2.75, 3.05) is 24.7 Å². The Bertz CT molecular complexity index is 437. The molecule has 1 saturated carbocycles. The zero-order chi connectivity index (χ0) is 14.4. The number of thioether (sulfide) groups is 1. The van der Waals surface area contributed by atoms with Crippen LogP contribution < -0.4 is 10.6 Å². The second-order valence-corrected chi connectivity index (χ2v) is 6.56. The third-order valence-electron chi connectivity index (χ3n) is 3.85. The van der Waals surface area contributed by atoms with Gasteiger partial charge in [-0.05, 0) is 37.7 Å². The Balaban J connectivity index is 1.86. The minimum atomic E-state index is -0.0505. The number of carbonyl (C=O) groups excluding carboxylic acids is 1. The molecule has 1 aromatic heterocycles. The molecule has 0 radical (unpaired) electrons. The van der Waals surface area contributed by atoms with E-state index in [4.69, 9.17) is 0 Å². The molecular weight excluding hydrogens is 270 g/mol. The molecule has 110 valence electrons. The molecular formula is C15H23N3OS. The van der Waals surface area contributed by atoms with E-state index >= 15 is 0 Å². The van der Waals surface area contributed by atoms with Crippen molar-refractivity contribution in [1.82, 2.24) is 10.3 Å². The topological polar surface area (TPSA) is 54.0 Å². The molecule has 0 saturated heterocycles. The number of hydrogen-bond donors (Lipinski definition) is 2. The summed E-state index contributed by atoms with van der Waals surface area (Å²) in [4.78, 5) is 16.1. The normalized spacial score (nSPS) is 16.3. The average molecular weight is 293 g/mol. The fraction of sp³-hybridized carbons (Fsp3) is 0.600. The third-order valence-corrected chi connectivity index (χ3v) is 5.27. The Morgan fingerprint density at radius 2 is 2.25 bits per heavy atom. The minimum absolute atomic E-state index is 0.0505. The summed E-state index contributed by atoms with van der Waals surface area (Å²) in [6.45, 7) is 3.69. The lowest BCUT2D eigenvalue weighted by molar-refractivity contribution is 0.0953. The van der Waals surface area contributed by atoms with Crippen molar-refractivity contribution < 1.29 is 4.79 Å². The Kier molecular flexibility index (Phi) is 5.29. The number of pyridine rings is 1. The summed E-state index contributed by atoms with van der Waals surface area (Å²) in [6.07, 6.45) is 8.63. The van der Waals surface area contributed by atoms with Crippen LogP contribution in [0.1, 0.15) is 43.0 Å². The second kappa shape index (κ2) is 6.97.